The Balaban J connectivity index is 1.98. The molecule has 2 N–H and O–H groups in total. The molecule has 18 heavy (non-hydrogen) atoms. The van der Waals surface area contributed by atoms with Crippen LogP contribution in [0.3, 0.4) is 0 Å². The predicted molar refractivity (Wildman–Crippen MR) is 69.2 cm³/mol. The van der Waals surface area contributed by atoms with Gasteiger partial charge in [0, 0.05) is 31.1 Å². The van der Waals surface area contributed by atoms with Crippen molar-refractivity contribution >= 4 is 16.8 Å². The minimum Gasteiger partial charge on any atom is -0.333 e. The molecule has 5 heteroatoms. The molecule has 1 aromatic heterocycles. The maximum absolute atomic E-state index is 12.3. The summed E-state index contributed by atoms with van der Waals surface area (Å²) in [7, 11) is 1.85. The Morgan fingerprint density at radius 1 is 1.39 bits per heavy atom. The highest BCUT2D eigenvalue weighted by Crippen LogP contribution is 2.23. The molecule has 0 radical (unpaired) electrons. The number of amides is 1. The van der Waals surface area contributed by atoms with Crippen LogP contribution in [-0.2, 0) is 7.05 Å². The summed E-state index contributed by atoms with van der Waals surface area (Å²) in [4.78, 5) is 14.1. The van der Waals surface area contributed by atoms with E-state index in [0.29, 0.717) is 18.8 Å². The summed E-state index contributed by atoms with van der Waals surface area (Å²) in [5, 5.41) is 5.22. The summed E-state index contributed by atoms with van der Waals surface area (Å²) in [6, 6.07) is 7.75. The minimum atomic E-state index is -0.250. The zero-order chi connectivity index (χ0) is 12.9. The quantitative estimate of drug-likeness (QED) is 0.805. The van der Waals surface area contributed by atoms with Crippen LogP contribution in [0.1, 0.15) is 17.4 Å². The predicted octanol–water partition coefficient (Wildman–Crippen LogP) is 0.747. The molecule has 3 rings (SSSR count). The fourth-order valence-electron chi connectivity index (χ4n) is 2.49. The fraction of sp³-hybridized carbons (Fsp3) is 0.385. The molecule has 0 unspecified atom stereocenters. The maximum atomic E-state index is 12.3. The van der Waals surface area contributed by atoms with Crippen molar-refractivity contribution in [3.05, 3.63) is 30.0 Å². The Morgan fingerprint density at radius 2 is 2.06 bits per heavy atom. The molecule has 0 spiro atoms. The number of benzene rings is 1. The molecule has 0 atom stereocenters. The first-order valence-electron chi connectivity index (χ1n) is 5.98. The van der Waals surface area contributed by atoms with Crippen LogP contribution in [0.5, 0.6) is 0 Å². The van der Waals surface area contributed by atoms with Gasteiger partial charge in [0.05, 0.1) is 5.52 Å². The second-order valence-electron chi connectivity index (χ2n) is 5.30. The van der Waals surface area contributed by atoms with Crippen molar-refractivity contribution < 1.29 is 4.79 Å². The molecule has 1 saturated heterocycles. The van der Waals surface area contributed by atoms with Gasteiger partial charge in [-0.3, -0.25) is 9.48 Å². The first kappa shape index (κ1) is 11.2. The summed E-state index contributed by atoms with van der Waals surface area (Å²) in [5.41, 5.74) is 7.16. The lowest BCUT2D eigenvalue weighted by Gasteiger charge is -2.45. The summed E-state index contributed by atoms with van der Waals surface area (Å²) in [6.45, 7) is 3.14. The van der Waals surface area contributed by atoms with Gasteiger partial charge in [0.1, 0.15) is 0 Å². The SMILES string of the molecule is Cn1nc(C(=O)N2CC(C)(N)C2)c2ccccc21. The maximum Gasteiger partial charge on any atom is 0.275 e. The molecular weight excluding hydrogens is 228 g/mol. The monoisotopic (exact) mass is 244 g/mol. The highest BCUT2D eigenvalue weighted by Gasteiger charge is 2.39. The molecule has 94 valence electrons. The van der Waals surface area contributed by atoms with Crippen LogP contribution in [0.15, 0.2) is 24.3 Å². The van der Waals surface area contributed by atoms with E-state index >= 15 is 0 Å². The number of carbonyl (C=O) groups excluding carboxylic acids is 1. The number of nitrogens with zero attached hydrogens (tertiary/aromatic N) is 3. The van der Waals surface area contributed by atoms with Gasteiger partial charge in [0.2, 0.25) is 0 Å². The molecule has 2 aromatic rings. The Bertz CT molecular complexity index is 621. The van der Waals surface area contributed by atoms with Crippen molar-refractivity contribution in [2.45, 2.75) is 12.5 Å². The van der Waals surface area contributed by atoms with Crippen molar-refractivity contribution in [3.8, 4) is 0 Å². The van der Waals surface area contributed by atoms with E-state index in [1.807, 2.05) is 38.2 Å². The summed E-state index contributed by atoms with van der Waals surface area (Å²) >= 11 is 0. The van der Waals surface area contributed by atoms with Crippen molar-refractivity contribution in [2.75, 3.05) is 13.1 Å². The largest absolute Gasteiger partial charge is 0.333 e. The number of nitrogens with two attached hydrogens (primary N) is 1. The molecular formula is C13H16N4O. The molecule has 1 amide bonds. The van der Waals surface area contributed by atoms with E-state index in [1.54, 1.807) is 9.58 Å². The standard InChI is InChI=1S/C13H16N4O/c1-13(14)7-17(8-13)12(18)11-9-5-3-4-6-10(9)16(2)15-11/h3-6H,7-8,14H2,1-2H3. The highest BCUT2D eigenvalue weighted by molar-refractivity contribution is 6.05. The van der Waals surface area contributed by atoms with E-state index < -0.39 is 0 Å². The Hall–Kier alpha value is -1.88. The van der Waals surface area contributed by atoms with Crippen LogP contribution < -0.4 is 5.73 Å². The topological polar surface area (TPSA) is 64.2 Å². The van der Waals surface area contributed by atoms with Crippen molar-refractivity contribution in [2.24, 2.45) is 12.8 Å². The lowest BCUT2D eigenvalue weighted by atomic mass is 9.93. The van der Waals surface area contributed by atoms with Crippen LogP contribution in [-0.4, -0.2) is 39.2 Å². The molecule has 0 saturated carbocycles. The number of fused-ring (bicyclic) bond motifs is 1. The number of rotatable bonds is 1. The Labute approximate surface area is 105 Å². The third kappa shape index (κ3) is 1.59. The lowest BCUT2D eigenvalue weighted by Crippen LogP contribution is -2.66. The van der Waals surface area contributed by atoms with Gasteiger partial charge in [-0.2, -0.15) is 5.10 Å². The van der Waals surface area contributed by atoms with Gasteiger partial charge in [0.25, 0.3) is 5.91 Å². The smallest absolute Gasteiger partial charge is 0.275 e. The van der Waals surface area contributed by atoms with Crippen LogP contribution in [0.25, 0.3) is 10.9 Å². The van der Waals surface area contributed by atoms with E-state index in [0.717, 1.165) is 10.9 Å². The Kier molecular flexibility index (Phi) is 2.22. The van der Waals surface area contributed by atoms with Gasteiger partial charge in [0.15, 0.2) is 5.69 Å². The fourth-order valence-corrected chi connectivity index (χ4v) is 2.49. The lowest BCUT2D eigenvalue weighted by molar-refractivity contribution is 0.0449. The molecule has 0 aliphatic carbocycles. The molecule has 0 bridgehead atoms. The highest BCUT2D eigenvalue weighted by atomic mass is 16.2. The van der Waals surface area contributed by atoms with Crippen LogP contribution >= 0.6 is 0 Å². The number of aryl methyl sites for hydroxylation is 1. The van der Waals surface area contributed by atoms with E-state index in [-0.39, 0.29) is 11.4 Å². The van der Waals surface area contributed by atoms with Gasteiger partial charge < -0.3 is 10.6 Å². The number of para-hydroxylation sites is 1. The molecule has 5 nitrogen and oxygen atoms in total. The summed E-state index contributed by atoms with van der Waals surface area (Å²) in [5.74, 6) is -0.0327. The minimum absolute atomic E-state index is 0.0327. The van der Waals surface area contributed by atoms with Crippen molar-refractivity contribution in [1.82, 2.24) is 14.7 Å². The second-order valence-corrected chi connectivity index (χ2v) is 5.30. The van der Waals surface area contributed by atoms with Crippen LogP contribution in [0, 0.1) is 0 Å². The zero-order valence-corrected chi connectivity index (χ0v) is 10.6. The van der Waals surface area contributed by atoms with Crippen molar-refractivity contribution in [1.29, 1.82) is 0 Å². The van der Waals surface area contributed by atoms with E-state index in [2.05, 4.69) is 5.10 Å². The molecule has 1 aliphatic rings. The van der Waals surface area contributed by atoms with E-state index in [1.165, 1.54) is 0 Å². The van der Waals surface area contributed by atoms with Gasteiger partial charge in [-0.15, -0.1) is 0 Å². The average Bonchev–Trinajstić information content (AvgIpc) is 2.64. The van der Waals surface area contributed by atoms with E-state index in [9.17, 15) is 4.79 Å². The third-order valence-electron chi connectivity index (χ3n) is 3.35. The van der Waals surface area contributed by atoms with Crippen LogP contribution in [0.2, 0.25) is 0 Å². The molecule has 1 aromatic carbocycles. The van der Waals surface area contributed by atoms with E-state index in [4.69, 9.17) is 5.73 Å². The van der Waals surface area contributed by atoms with Gasteiger partial charge in [-0.05, 0) is 13.0 Å². The summed E-state index contributed by atoms with van der Waals surface area (Å²) in [6.07, 6.45) is 0. The number of likely N-dealkylation sites (tertiary alicyclic amines) is 1. The third-order valence-corrected chi connectivity index (χ3v) is 3.35. The van der Waals surface area contributed by atoms with Crippen LogP contribution in [0.4, 0.5) is 0 Å². The number of aromatic nitrogens is 2. The first-order chi connectivity index (χ1) is 8.48. The normalized spacial score (nSPS) is 17.8. The molecule has 1 aliphatic heterocycles. The number of carbonyl (C=O) groups is 1. The second kappa shape index (κ2) is 3.55. The molecule has 1 fully saturated rings. The molecule has 2 heterocycles. The van der Waals surface area contributed by atoms with Gasteiger partial charge in [-0.1, -0.05) is 18.2 Å². The van der Waals surface area contributed by atoms with Gasteiger partial charge in [-0.25, -0.2) is 0 Å². The Morgan fingerprint density at radius 3 is 2.72 bits per heavy atom. The number of hydrogen-bond donors (Lipinski definition) is 1. The average molecular weight is 244 g/mol. The zero-order valence-electron chi connectivity index (χ0n) is 10.6. The summed E-state index contributed by atoms with van der Waals surface area (Å²) < 4.78 is 1.74. The first-order valence-corrected chi connectivity index (χ1v) is 5.98. The van der Waals surface area contributed by atoms with Gasteiger partial charge >= 0.3 is 0 Å². The van der Waals surface area contributed by atoms with Crippen molar-refractivity contribution in [3.63, 3.8) is 0 Å². The number of hydrogen-bond acceptors (Lipinski definition) is 3.